The Bertz CT molecular complexity index is 646. The summed E-state index contributed by atoms with van der Waals surface area (Å²) in [5.41, 5.74) is 6.14. The third-order valence-corrected chi connectivity index (χ3v) is 2.42. The smallest absolute Gasteiger partial charge is 0.264 e. The van der Waals surface area contributed by atoms with Crippen LogP contribution in [0.3, 0.4) is 0 Å². The van der Waals surface area contributed by atoms with Gasteiger partial charge in [0.05, 0.1) is 12.8 Å². The summed E-state index contributed by atoms with van der Waals surface area (Å²) in [5.74, 6) is 0.292. The highest BCUT2D eigenvalue weighted by Gasteiger charge is 2.09. The average Bonchev–Trinajstić information content (AvgIpc) is 2.42. The number of benzene rings is 1. The number of nitrogen functional groups attached to an aromatic ring is 1. The van der Waals surface area contributed by atoms with Crippen molar-refractivity contribution < 1.29 is 9.53 Å². The van der Waals surface area contributed by atoms with Crippen LogP contribution in [0.4, 0.5) is 11.5 Å². The standard InChI is InChI=1S/C12H12N4O3/c1-19-9-6-7(2-3-8(9)13)12(18)14-10-4-5-11(17)16-15-10/h2-6H,13H2,1H3,(H,16,17)(H,14,15,18). The summed E-state index contributed by atoms with van der Waals surface area (Å²) >= 11 is 0. The lowest BCUT2D eigenvalue weighted by atomic mass is 10.2. The Morgan fingerprint density at radius 3 is 2.79 bits per heavy atom. The van der Waals surface area contributed by atoms with Gasteiger partial charge < -0.3 is 15.8 Å². The SMILES string of the molecule is COc1cc(C(=O)Nc2ccc(=O)[nH]n2)ccc1N. The molecule has 1 aromatic heterocycles. The maximum atomic E-state index is 11.9. The Balaban J connectivity index is 2.20. The molecule has 4 N–H and O–H groups in total. The van der Waals surface area contributed by atoms with E-state index < -0.39 is 0 Å². The highest BCUT2D eigenvalue weighted by molar-refractivity contribution is 6.04. The van der Waals surface area contributed by atoms with Crippen molar-refractivity contribution in [3.63, 3.8) is 0 Å². The van der Waals surface area contributed by atoms with Crippen LogP contribution in [-0.2, 0) is 0 Å². The van der Waals surface area contributed by atoms with Crippen LogP contribution in [0.1, 0.15) is 10.4 Å². The Kier molecular flexibility index (Phi) is 3.46. The second-order valence-corrected chi connectivity index (χ2v) is 3.72. The van der Waals surface area contributed by atoms with Gasteiger partial charge in [0, 0.05) is 11.6 Å². The molecule has 1 heterocycles. The molecular formula is C12H12N4O3. The van der Waals surface area contributed by atoms with Gasteiger partial charge in [0.25, 0.3) is 11.5 Å². The molecule has 0 bridgehead atoms. The first kappa shape index (κ1) is 12.6. The number of nitrogens with zero attached hydrogens (tertiary/aromatic N) is 1. The molecule has 1 aromatic carbocycles. The Morgan fingerprint density at radius 2 is 2.16 bits per heavy atom. The number of hydrogen-bond acceptors (Lipinski definition) is 5. The molecule has 2 rings (SSSR count). The van der Waals surface area contributed by atoms with E-state index in [0.717, 1.165) is 0 Å². The topological polar surface area (TPSA) is 110 Å². The van der Waals surface area contributed by atoms with Crippen LogP contribution >= 0.6 is 0 Å². The van der Waals surface area contributed by atoms with Crippen molar-refractivity contribution in [3.8, 4) is 5.75 Å². The minimum absolute atomic E-state index is 0.250. The normalized spacial score (nSPS) is 9.95. The minimum Gasteiger partial charge on any atom is -0.495 e. The van der Waals surface area contributed by atoms with Gasteiger partial charge in [-0.1, -0.05) is 0 Å². The number of amides is 1. The fraction of sp³-hybridized carbons (Fsp3) is 0.0833. The van der Waals surface area contributed by atoms with Gasteiger partial charge in [-0.25, -0.2) is 5.10 Å². The maximum absolute atomic E-state index is 11.9. The molecule has 0 atom stereocenters. The number of nitrogens with one attached hydrogen (secondary N) is 2. The molecule has 1 amide bonds. The van der Waals surface area contributed by atoms with Crippen molar-refractivity contribution >= 4 is 17.4 Å². The quantitative estimate of drug-likeness (QED) is 0.700. The van der Waals surface area contributed by atoms with Gasteiger partial charge in [0.2, 0.25) is 0 Å². The molecule has 0 aliphatic carbocycles. The van der Waals surface area contributed by atoms with Crippen LogP contribution in [-0.4, -0.2) is 23.2 Å². The summed E-state index contributed by atoms with van der Waals surface area (Å²) in [6, 6.07) is 7.35. The molecule has 0 aliphatic heterocycles. The van der Waals surface area contributed by atoms with E-state index in [1.165, 1.54) is 25.3 Å². The predicted octanol–water partition coefficient (Wildman–Crippen LogP) is 0.613. The lowest BCUT2D eigenvalue weighted by Crippen LogP contribution is -2.15. The average molecular weight is 260 g/mol. The van der Waals surface area contributed by atoms with Gasteiger partial charge in [-0.2, -0.15) is 5.10 Å². The third-order valence-electron chi connectivity index (χ3n) is 2.42. The molecule has 0 unspecified atom stereocenters. The fourth-order valence-electron chi connectivity index (χ4n) is 1.45. The molecule has 7 heteroatoms. The van der Waals surface area contributed by atoms with Gasteiger partial charge in [0.1, 0.15) is 5.75 Å². The number of hydrogen-bond donors (Lipinski definition) is 3. The summed E-state index contributed by atoms with van der Waals surface area (Å²) in [6.45, 7) is 0. The first-order chi connectivity index (χ1) is 9.10. The monoisotopic (exact) mass is 260 g/mol. The molecule has 0 saturated heterocycles. The van der Waals surface area contributed by atoms with Crippen molar-refractivity contribution in [1.82, 2.24) is 10.2 Å². The number of methoxy groups -OCH3 is 1. The fourth-order valence-corrected chi connectivity index (χ4v) is 1.45. The van der Waals surface area contributed by atoms with Crippen LogP contribution in [0.15, 0.2) is 35.1 Å². The summed E-state index contributed by atoms with van der Waals surface area (Å²) in [5, 5.41) is 8.44. The van der Waals surface area contributed by atoms with Crippen molar-refractivity contribution in [2.24, 2.45) is 0 Å². The summed E-state index contributed by atoms with van der Waals surface area (Å²) in [7, 11) is 1.47. The summed E-state index contributed by atoms with van der Waals surface area (Å²) in [6.07, 6.45) is 0. The van der Waals surface area contributed by atoms with E-state index in [4.69, 9.17) is 10.5 Å². The number of aromatic nitrogens is 2. The molecular weight excluding hydrogens is 248 g/mol. The third kappa shape index (κ3) is 2.89. The van der Waals surface area contributed by atoms with Gasteiger partial charge in [0.15, 0.2) is 5.82 Å². The number of H-pyrrole nitrogens is 1. The number of nitrogens with two attached hydrogens (primary N) is 1. The van der Waals surface area contributed by atoms with E-state index in [9.17, 15) is 9.59 Å². The zero-order chi connectivity index (χ0) is 13.8. The van der Waals surface area contributed by atoms with Crippen molar-refractivity contribution in [2.45, 2.75) is 0 Å². The number of carbonyl (C=O) groups is 1. The van der Waals surface area contributed by atoms with Crippen LogP contribution in [0, 0.1) is 0 Å². The number of aromatic amines is 1. The van der Waals surface area contributed by atoms with E-state index in [2.05, 4.69) is 15.5 Å². The number of rotatable bonds is 3. The van der Waals surface area contributed by atoms with Crippen molar-refractivity contribution in [1.29, 1.82) is 0 Å². The van der Waals surface area contributed by atoms with E-state index in [-0.39, 0.29) is 17.3 Å². The Morgan fingerprint density at radius 1 is 1.37 bits per heavy atom. The highest BCUT2D eigenvalue weighted by atomic mass is 16.5. The van der Waals surface area contributed by atoms with Crippen molar-refractivity contribution in [2.75, 3.05) is 18.2 Å². The molecule has 98 valence electrons. The first-order valence-electron chi connectivity index (χ1n) is 5.41. The van der Waals surface area contributed by atoms with Crippen LogP contribution < -0.4 is 21.3 Å². The molecule has 0 radical (unpaired) electrons. The number of carbonyl (C=O) groups excluding carboxylic acids is 1. The minimum atomic E-state index is -0.377. The first-order valence-corrected chi connectivity index (χ1v) is 5.41. The lowest BCUT2D eigenvalue weighted by Gasteiger charge is -2.07. The zero-order valence-corrected chi connectivity index (χ0v) is 10.1. The zero-order valence-electron chi connectivity index (χ0n) is 10.1. The van der Waals surface area contributed by atoms with E-state index in [0.29, 0.717) is 17.0 Å². The summed E-state index contributed by atoms with van der Waals surface area (Å²) < 4.78 is 5.03. The highest BCUT2D eigenvalue weighted by Crippen LogP contribution is 2.22. The lowest BCUT2D eigenvalue weighted by molar-refractivity contribution is 0.102. The van der Waals surface area contributed by atoms with Crippen molar-refractivity contribution in [3.05, 3.63) is 46.2 Å². The second-order valence-electron chi connectivity index (χ2n) is 3.72. The Labute approximate surface area is 108 Å². The van der Waals surface area contributed by atoms with Gasteiger partial charge in [-0.3, -0.25) is 9.59 Å². The maximum Gasteiger partial charge on any atom is 0.264 e. The van der Waals surface area contributed by atoms with E-state index in [1.54, 1.807) is 12.1 Å². The molecule has 0 saturated carbocycles. The molecule has 19 heavy (non-hydrogen) atoms. The number of ether oxygens (including phenoxy) is 1. The van der Waals surface area contributed by atoms with E-state index >= 15 is 0 Å². The van der Waals surface area contributed by atoms with Gasteiger partial charge in [-0.05, 0) is 24.3 Å². The van der Waals surface area contributed by atoms with Gasteiger partial charge in [-0.15, -0.1) is 0 Å². The number of anilines is 2. The summed E-state index contributed by atoms with van der Waals surface area (Å²) in [4.78, 5) is 22.8. The van der Waals surface area contributed by atoms with Crippen LogP contribution in [0.2, 0.25) is 0 Å². The molecule has 0 fully saturated rings. The van der Waals surface area contributed by atoms with E-state index in [1.807, 2.05) is 0 Å². The predicted molar refractivity (Wildman–Crippen MR) is 70.2 cm³/mol. The van der Waals surface area contributed by atoms with Crippen LogP contribution in [0.25, 0.3) is 0 Å². The largest absolute Gasteiger partial charge is 0.495 e. The van der Waals surface area contributed by atoms with Gasteiger partial charge >= 0.3 is 0 Å². The second kappa shape index (κ2) is 5.21. The Hall–Kier alpha value is -2.83. The molecule has 2 aromatic rings. The molecule has 7 nitrogen and oxygen atoms in total. The molecule has 0 spiro atoms. The molecule has 0 aliphatic rings. The van der Waals surface area contributed by atoms with Crippen LogP contribution in [0.5, 0.6) is 5.75 Å².